The van der Waals surface area contributed by atoms with E-state index in [0.717, 1.165) is 31.2 Å². The molecule has 2 aliphatic rings. The molecule has 2 heterocycles. The van der Waals surface area contributed by atoms with Crippen LogP contribution in [0.4, 0.5) is 0 Å². The Morgan fingerprint density at radius 1 is 1.18 bits per heavy atom. The molecule has 0 aliphatic carbocycles. The SMILES string of the molecule is Cc1cccc(C2(O)CC3CCC(C2)O3)c1C. The first-order chi connectivity index (χ1) is 8.08. The van der Waals surface area contributed by atoms with Gasteiger partial charge in [0.15, 0.2) is 0 Å². The van der Waals surface area contributed by atoms with Crippen LogP contribution in [0.15, 0.2) is 18.2 Å². The second-order valence-corrected chi connectivity index (χ2v) is 5.64. The van der Waals surface area contributed by atoms with Crippen LogP contribution in [0.25, 0.3) is 0 Å². The van der Waals surface area contributed by atoms with Crippen LogP contribution in [-0.2, 0) is 10.3 Å². The Bertz CT molecular complexity index is 427. The highest BCUT2D eigenvalue weighted by Crippen LogP contribution is 2.44. The number of fused-ring (bicyclic) bond motifs is 2. The fourth-order valence-corrected chi connectivity index (χ4v) is 3.39. The maximum absolute atomic E-state index is 10.9. The molecule has 2 heteroatoms. The first-order valence-corrected chi connectivity index (χ1v) is 6.53. The zero-order valence-corrected chi connectivity index (χ0v) is 10.6. The number of hydrogen-bond acceptors (Lipinski definition) is 2. The molecule has 0 spiro atoms. The molecule has 0 radical (unpaired) electrons. The van der Waals surface area contributed by atoms with Gasteiger partial charge in [0.05, 0.1) is 17.8 Å². The van der Waals surface area contributed by atoms with Crippen molar-refractivity contribution in [2.75, 3.05) is 0 Å². The van der Waals surface area contributed by atoms with Gasteiger partial charge in [0.1, 0.15) is 0 Å². The van der Waals surface area contributed by atoms with Gasteiger partial charge in [0.2, 0.25) is 0 Å². The number of aryl methyl sites for hydroxylation is 1. The Labute approximate surface area is 103 Å². The zero-order valence-electron chi connectivity index (χ0n) is 10.6. The molecule has 2 saturated heterocycles. The molecule has 2 fully saturated rings. The summed E-state index contributed by atoms with van der Waals surface area (Å²) in [6.07, 6.45) is 4.26. The molecule has 2 aliphatic heterocycles. The zero-order chi connectivity index (χ0) is 12.0. The first-order valence-electron chi connectivity index (χ1n) is 6.53. The molecule has 0 saturated carbocycles. The van der Waals surface area contributed by atoms with Gasteiger partial charge < -0.3 is 9.84 Å². The lowest BCUT2D eigenvalue weighted by atomic mass is 9.80. The normalized spacial score (nSPS) is 36.2. The predicted octanol–water partition coefficient (Wildman–Crippen LogP) is 2.83. The summed E-state index contributed by atoms with van der Waals surface area (Å²) in [7, 11) is 0. The minimum absolute atomic E-state index is 0.263. The summed E-state index contributed by atoms with van der Waals surface area (Å²) in [5.74, 6) is 0. The van der Waals surface area contributed by atoms with Gasteiger partial charge in [0.25, 0.3) is 0 Å². The lowest BCUT2D eigenvalue weighted by Crippen LogP contribution is -2.39. The minimum atomic E-state index is -0.666. The highest BCUT2D eigenvalue weighted by Gasteiger charge is 2.45. The van der Waals surface area contributed by atoms with Gasteiger partial charge in [-0.2, -0.15) is 0 Å². The van der Waals surface area contributed by atoms with Crippen molar-refractivity contribution in [2.45, 2.75) is 57.3 Å². The second-order valence-electron chi connectivity index (χ2n) is 5.64. The smallest absolute Gasteiger partial charge is 0.0948 e. The number of benzene rings is 1. The third kappa shape index (κ3) is 1.80. The van der Waals surface area contributed by atoms with Crippen molar-refractivity contribution in [3.8, 4) is 0 Å². The number of rotatable bonds is 1. The Hall–Kier alpha value is -0.860. The summed E-state index contributed by atoms with van der Waals surface area (Å²) in [6.45, 7) is 4.22. The summed E-state index contributed by atoms with van der Waals surface area (Å²) < 4.78 is 5.82. The van der Waals surface area contributed by atoms with Crippen LogP contribution in [-0.4, -0.2) is 17.3 Å². The summed E-state index contributed by atoms with van der Waals surface area (Å²) >= 11 is 0. The van der Waals surface area contributed by atoms with Crippen molar-refractivity contribution in [3.63, 3.8) is 0 Å². The lowest BCUT2D eigenvalue weighted by Gasteiger charge is -2.38. The van der Waals surface area contributed by atoms with Gasteiger partial charge in [-0.3, -0.25) is 0 Å². The standard InChI is InChI=1S/C15H20O2/c1-10-4-3-5-14(11(10)2)15(16)8-12-6-7-13(9-15)17-12/h3-5,12-13,16H,6-9H2,1-2H3. The molecule has 0 amide bonds. The molecular formula is C15H20O2. The highest BCUT2D eigenvalue weighted by atomic mass is 16.5. The summed E-state index contributed by atoms with van der Waals surface area (Å²) in [6, 6.07) is 6.23. The van der Waals surface area contributed by atoms with Gasteiger partial charge in [-0.15, -0.1) is 0 Å². The molecule has 3 rings (SSSR count). The Kier molecular flexibility index (Phi) is 2.53. The van der Waals surface area contributed by atoms with E-state index in [1.807, 2.05) is 6.07 Å². The van der Waals surface area contributed by atoms with Crippen molar-refractivity contribution < 1.29 is 9.84 Å². The third-order valence-corrected chi connectivity index (χ3v) is 4.43. The van der Waals surface area contributed by atoms with Crippen molar-refractivity contribution in [3.05, 3.63) is 34.9 Å². The van der Waals surface area contributed by atoms with E-state index in [4.69, 9.17) is 4.74 Å². The molecule has 1 aromatic rings. The van der Waals surface area contributed by atoms with E-state index < -0.39 is 5.60 Å². The molecule has 1 aromatic carbocycles. The molecule has 2 nitrogen and oxygen atoms in total. The van der Waals surface area contributed by atoms with Crippen LogP contribution in [0.1, 0.15) is 42.4 Å². The molecule has 1 N–H and O–H groups in total. The van der Waals surface area contributed by atoms with Crippen molar-refractivity contribution in [1.82, 2.24) is 0 Å². The van der Waals surface area contributed by atoms with E-state index in [1.165, 1.54) is 11.1 Å². The van der Waals surface area contributed by atoms with E-state index in [2.05, 4.69) is 26.0 Å². The Balaban J connectivity index is 2.00. The summed E-state index contributed by atoms with van der Waals surface area (Å²) in [5.41, 5.74) is 2.93. The van der Waals surface area contributed by atoms with Crippen LogP contribution in [0.5, 0.6) is 0 Å². The molecule has 2 bridgehead atoms. The molecule has 17 heavy (non-hydrogen) atoms. The van der Waals surface area contributed by atoms with E-state index >= 15 is 0 Å². The predicted molar refractivity (Wildman–Crippen MR) is 66.9 cm³/mol. The fraction of sp³-hybridized carbons (Fsp3) is 0.600. The van der Waals surface area contributed by atoms with Crippen LogP contribution >= 0.6 is 0 Å². The number of aliphatic hydroxyl groups is 1. The maximum Gasteiger partial charge on any atom is 0.0948 e. The molecule has 92 valence electrons. The number of hydrogen-bond donors (Lipinski definition) is 1. The molecule has 2 unspecified atom stereocenters. The quantitative estimate of drug-likeness (QED) is 0.806. The summed E-state index contributed by atoms with van der Waals surface area (Å²) in [5, 5.41) is 10.9. The number of ether oxygens (including phenoxy) is 1. The Morgan fingerprint density at radius 2 is 1.82 bits per heavy atom. The van der Waals surface area contributed by atoms with Crippen LogP contribution in [0, 0.1) is 13.8 Å². The Morgan fingerprint density at radius 3 is 2.47 bits per heavy atom. The van der Waals surface area contributed by atoms with Crippen molar-refractivity contribution in [1.29, 1.82) is 0 Å². The molecule has 0 aromatic heterocycles. The van der Waals surface area contributed by atoms with E-state index in [1.54, 1.807) is 0 Å². The van der Waals surface area contributed by atoms with Crippen LogP contribution < -0.4 is 0 Å². The largest absolute Gasteiger partial charge is 0.385 e. The highest BCUT2D eigenvalue weighted by molar-refractivity contribution is 5.37. The van der Waals surface area contributed by atoms with Crippen LogP contribution in [0.2, 0.25) is 0 Å². The second kappa shape index (κ2) is 3.82. The fourth-order valence-electron chi connectivity index (χ4n) is 3.39. The van der Waals surface area contributed by atoms with Crippen molar-refractivity contribution >= 4 is 0 Å². The topological polar surface area (TPSA) is 29.5 Å². The molecular weight excluding hydrogens is 212 g/mol. The maximum atomic E-state index is 10.9. The van der Waals surface area contributed by atoms with E-state index in [-0.39, 0.29) is 12.2 Å². The third-order valence-electron chi connectivity index (χ3n) is 4.43. The van der Waals surface area contributed by atoms with Crippen molar-refractivity contribution in [2.24, 2.45) is 0 Å². The monoisotopic (exact) mass is 232 g/mol. The average Bonchev–Trinajstić information content (AvgIpc) is 2.62. The van der Waals surface area contributed by atoms with Gasteiger partial charge >= 0.3 is 0 Å². The first kappa shape index (κ1) is 11.2. The van der Waals surface area contributed by atoms with E-state index in [9.17, 15) is 5.11 Å². The van der Waals surface area contributed by atoms with E-state index in [0.29, 0.717) is 0 Å². The van der Waals surface area contributed by atoms with Gasteiger partial charge in [-0.1, -0.05) is 18.2 Å². The van der Waals surface area contributed by atoms with Crippen LogP contribution in [0.3, 0.4) is 0 Å². The summed E-state index contributed by atoms with van der Waals surface area (Å²) in [4.78, 5) is 0. The van der Waals surface area contributed by atoms with Gasteiger partial charge in [-0.05, 0) is 43.4 Å². The van der Waals surface area contributed by atoms with Gasteiger partial charge in [-0.25, -0.2) is 0 Å². The lowest BCUT2D eigenvalue weighted by molar-refractivity contribution is -0.115. The average molecular weight is 232 g/mol. The molecule has 2 atom stereocenters. The van der Waals surface area contributed by atoms with Gasteiger partial charge in [0, 0.05) is 12.8 Å². The minimum Gasteiger partial charge on any atom is -0.385 e.